The predicted octanol–water partition coefficient (Wildman–Crippen LogP) is 1.85. The highest BCUT2D eigenvalue weighted by atomic mass is 19.1. The molecule has 2 N–H and O–H groups in total. The number of aromatic nitrogens is 6. The van der Waals surface area contributed by atoms with Gasteiger partial charge in [-0.25, -0.2) is 23.8 Å². The molecule has 5 rings (SSSR count). The van der Waals surface area contributed by atoms with Gasteiger partial charge >= 0.3 is 6.03 Å². The lowest BCUT2D eigenvalue weighted by atomic mass is 10.1. The Morgan fingerprint density at radius 2 is 2.24 bits per heavy atom. The average molecular weight is 449 g/mol. The maximum Gasteiger partial charge on any atom is 0.314 e. The highest BCUT2D eigenvalue weighted by Gasteiger charge is 2.26. The molecule has 1 saturated heterocycles. The van der Waals surface area contributed by atoms with Crippen molar-refractivity contribution in [2.45, 2.75) is 26.0 Å². The summed E-state index contributed by atoms with van der Waals surface area (Å²) in [5.41, 5.74) is 8.01. The Kier molecular flexibility index (Phi) is 5.24. The van der Waals surface area contributed by atoms with Crippen molar-refractivity contribution in [3.05, 3.63) is 53.7 Å². The first-order valence-corrected chi connectivity index (χ1v) is 10.3. The van der Waals surface area contributed by atoms with Crippen LogP contribution >= 0.6 is 0 Å². The number of hydrogen-bond donors (Lipinski definition) is 1. The van der Waals surface area contributed by atoms with Crippen LogP contribution in [0.4, 0.5) is 9.18 Å². The van der Waals surface area contributed by atoms with Crippen molar-refractivity contribution in [3.8, 4) is 0 Å². The quantitative estimate of drug-likeness (QED) is 0.362. The van der Waals surface area contributed by atoms with Crippen molar-refractivity contribution in [2.75, 3.05) is 13.1 Å². The van der Waals surface area contributed by atoms with Gasteiger partial charge in [0.15, 0.2) is 5.65 Å². The molecule has 1 aliphatic heterocycles. The number of nitrogens with two attached hydrogens (primary N) is 1. The van der Waals surface area contributed by atoms with Gasteiger partial charge < -0.3 is 15.5 Å². The van der Waals surface area contributed by atoms with E-state index < -0.39 is 6.03 Å². The Labute approximate surface area is 187 Å². The summed E-state index contributed by atoms with van der Waals surface area (Å²) in [5, 5.41) is 13.1. The highest BCUT2D eigenvalue weighted by molar-refractivity contribution is 5.97. The zero-order chi connectivity index (χ0) is 22.9. The minimum Gasteiger partial charge on any atom is -0.390 e. The van der Waals surface area contributed by atoms with Gasteiger partial charge in [-0.15, -0.1) is 5.10 Å². The number of pyridine rings is 1. The normalized spacial score (nSPS) is 16.6. The van der Waals surface area contributed by atoms with Crippen LogP contribution in [0.5, 0.6) is 0 Å². The SMILES string of the molecule is CC(=NOC1CCN(C(N)=O)C1)c1cnc2nnn(Cc3cc4cccnc4cc3F)c2n1. The summed E-state index contributed by atoms with van der Waals surface area (Å²) in [5.74, 6) is -0.387. The lowest BCUT2D eigenvalue weighted by Gasteiger charge is -2.12. The fourth-order valence-electron chi connectivity index (χ4n) is 3.68. The van der Waals surface area contributed by atoms with Crippen LogP contribution in [0, 0.1) is 5.82 Å². The van der Waals surface area contributed by atoms with E-state index in [2.05, 4.69) is 30.4 Å². The molecule has 1 atom stereocenters. The molecule has 1 aromatic carbocycles. The number of fused-ring (bicyclic) bond motifs is 2. The van der Waals surface area contributed by atoms with Gasteiger partial charge in [0, 0.05) is 36.2 Å². The van der Waals surface area contributed by atoms with Crippen LogP contribution in [0.1, 0.15) is 24.6 Å². The molecule has 0 aliphatic carbocycles. The van der Waals surface area contributed by atoms with Crippen molar-refractivity contribution in [2.24, 2.45) is 10.9 Å². The number of primary amides is 1. The van der Waals surface area contributed by atoms with Crippen molar-refractivity contribution in [3.63, 3.8) is 0 Å². The number of carbonyl (C=O) groups is 1. The van der Waals surface area contributed by atoms with Gasteiger partial charge in [-0.05, 0) is 19.1 Å². The minimum absolute atomic E-state index is 0.128. The summed E-state index contributed by atoms with van der Waals surface area (Å²) >= 11 is 0. The zero-order valence-electron chi connectivity index (χ0n) is 17.7. The number of carbonyl (C=O) groups excluding carboxylic acids is 1. The van der Waals surface area contributed by atoms with E-state index in [4.69, 9.17) is 10.6 Å². The number of nitrogens with zero attached hydrogens (tertiary/aromatic N) is 8. The molecule has 1 fully saturated rings. The van der Waals surface area contributed by atoms with Gasteiger partial charge in [-0.2, -0.15) is 0 Å². The molecule has 2 amide bonds. The molecular formula is C21H20FN9O2. The van der Waals surface area contributed by atoms with Gasteiger partial charge in [-0.3, -0.25) is 4.98 Å². The van der Waals surface area contributed by atoms with Crippen molar-refractivity contribution < 1.29 is 14.0 Å². The maximum atomic E-state index is 14.6. The van der Waals surface area contributed by atoms with Gasteiger partial charge in [0.05, 0.1) is 24.8 Å². The summed E-state index contributed by atoms with van der Waals surface area (Å²) in [7, 11) is 0. The first-order chi connectivity index (χ1) is 16.0. The molecule has 0 radical (unpaired) electrons. The van der Waals surface area contributed by atoms with Crippen LogP contribution in [-0.2, 0) is 11.4 Å². The number of oxime groups is 1. The fraction of sp³-hybridized carbons (Fsp3) is 0.286. The maximum absolute atomic E-state index is 14.6. The number of hydrogen-bond acceptors (Lipinski definition) is 8. The van der Waals surface area contributed by atoms with Crippen molar-refractivity contribution in [1.82, 2.24) is 34.8 Å². The second-order valence-corrected chi connectivity index (χ2v) is 7.77. The van der Waals surface area contributed by atoms with Crippen LogP contribution in [0.25, 0.3) is 22.2 Å². The molecule has 12 heteroatoms. The van der Waals surface area contributed by atoms with E-state index in [-0.39, 0.29) is 18.5 Å². The summed E-state index contributed by atoms with van der Waals surface area (Å²) in [4.78, 5) is 31.3. The Balaban J connectivity index is 1.38. The Hall–Kier alpha value is -4.22. The van der Waals surface area contributed by atoms with E-state index in [1.54, 1.807) is 25.3 Å². The van der Waals surface area contributed by atoms with Crippen LogP contribution in [0.3, 0.4) is 0 Å². The molecule has 33 heavy (non-hydrogen) atoms. The van der Waals surface area contributed by atoms with Gasteiger partial charge in [-0.1, -0.05) is 16.4 Å². The number of benzene rings is 1. The molecule has 1 unspecified atom stereocenters. The predicted molar refractivity (Wildman–Crippen MR) is 117 cm³/mol. The number of likely N-dealkylation sites (tertiary alicyclic amines) is 1. The van der Waals surface area contributed by atoms with E-state index in [1.807, 2.05) is 6.07 Å². The molecular weight excluding hydrogens is 429 g/mol. The highest BCUT2D eigenvalue weighted by Crippen LogP contribution is 2.19. The molecule has 11 nitrogen and oxygen atoms in total. The fourth-order valence-corrected chi connectivity index (χ4v) is 3.68. The number of halogens is 1. The smallest absolute Gasteiger partial charge is 0.314 e. The van der Waals surface area contributed by atoms with Gasteiger partial charge in [0.1, 0.15) is 23.3 Å². The van der Waals surface area contributed by atoms with E-state index >= 15 is 0 Å². The second kappa shape index (κ2) is 8.37. The second-order valence-electron chi connectivity index (χ2n) is 7.77. The minimum atomic E-state index is -0.474. The van der Waals surface area contributed by atoms with Crippen LogP contribution in [0.15, 0.2) is 41.8 Å². The zero-order valence-corrected chi connectivity index (χ0v) is 17.7. The number of urea groups is 1. The third-order valence-electron chi connectivity index (χ3n) is 5.48. The average Bonchev–Trinajstić information content (AvgIpc) is 3.45. The molecule has 0 spiro atoms. The molecule has 0 saturated carbocycles. The third-order valence-corrected chi connectivity index (χ3v) is 5.48. The first-order valence-electron chi connectivity index (χ1n) is 10.3. The number of amides is 2. The monoisotopic (exact) mass is 449 g/mol. The molecule has 4 heterocycles. The molecule has 0 bridgehead atoms. The standard InChI is InChI=1S/C21H20FN9O2/c1-12(28-33-15-4-6-30(11-15)21(23)32)18-9-25-19-20(26-18)31(29-27-19)10-14-7-13-3-2-5-24-17(13)8-16(14)22/h2-3,5,7-9,15H,4,6,10-11H2,1H3,(H2,23,32). The Morgan fingerprint density at radius 1 is 1.36 bits per heavy atom. The van der Waals surface area contributed by atoms with Crippen LogP contribution in [-0.4, -0.2) is 65.8 Å². The Morgan fingerprint density at radius 3 is 3.06 bits per heavy atom. The van der Waals surface area contributed by atoms with E-state index in [1.165, 1.54) is 21.8 Å². The van der Waals surface area contributed by atoms with E-state index in [0.29, 0.717) is 53.3 Å². The summed E-state index contributed by atoms with van der Waals surface area (Å²) in [6.45, 7) is 2.79. The van der Waals surface area contributed by atoms with Gasteiger partial charge in [0.25, 0.3) is 0 Å². The van der Waals surface area contributed by atoms with E-state index in [9.17, 15) is 9.18 Å². The molecule has 1 aliphatic rings. The molecule has 3 aromatic heterocycles. The third kappa shape index (κ3) is 4.14. The largest absolute Gasteiger partial charge is 0.390 e. The number of rotatable bonds is 5. The van der Waals surface area contributed by atoms with E-state index in [0.717, 1.165) is 5.39 Å². The topological polar surface area (TPSA) is 137 Å². The lowest BCUT2D eigenvalue weighted by molar-refractivity contribution is 0.0675. The van der Waals surface area contributed by atoms with Crippen LogP contribution < -0.4 is 5.73 Å². The molecule has 168 valence electrons. The van der Waals surface area contributed by atoms with Crippen LogP contribution in [0.2, 0.25) is 0 Å². The summed E-state index contributed by atoms with van der Waals surface area (Å²) in [6, 6.07) is 6.33. The Bertz CT molecular complexity index is 1390. The molecule has 4 aromatic rings. The van der Waals surface area contributed by atoms with Crippen molar-refractivity contribution >= 4 is 33.9 Å². The summed E-state index contributed by atoms with van der Waals surface area (Å²) in [6.07, 6.45) is 3.56. The van der Waals surface area contributed by atoms with Gasteiger partial charge in [0.2, 0.25) is 5.65 Å². The van der Waals surface area contributed by atoms with Crippen molar-refractivity contribution in [1.29, 1.82) is 0 Å². The summed E-state index contributed by atoms with van der Waals surface area (Å²) < 4.78 is 16.1. The lowest BCUT2D eigenvalue weighted by Crippen LogP contribution is -2.34. The first kappa shape index (κ1) is 20.7.